The van der Waals surface area contributed by atoms with Gasteiger partial charge in [0.15, 0.2) is 0 Å². The standard InChI is InChI=1S/C9H6Br2N2OS/c10-6-5-7(15-8(6)11)9(14)12-13-3-1-2-4-13/h1-5H,(H,12,14). The van der Waals surface area contributed by atoms with E-state index in [1.54, 1.807) is 23.1 Å². The van der Waals surface area contributed by atoms with Crippen LogP contribution in [-0.2, 0) is 0 Å². The van der Waals surface area contributed by atoms with Crippen LogP contribution < -0.4 is 5.43 Å². The Hall–Kier alpha value is -0.590. The van der Waals surface area contributed by atoms with Crippen molar-refractivity contribution in [2.24, 2.45) is 0 Å². The van der Waals surface area contributed by atoms with Gasteiger partial charge < -0.3 is 0 Å². The van der Waals surface area contributed by atoms with E-state index >= 15 is 0 Å². The summed E-state index contributed by atoms with van der Waals surface area (Å²) in [5, 5.41) is 0. The SMILES string of the molecule is O=C(Nn1cccc1)c1cc(Br)c(Br)s1. The van der Waals surface area contributed by atoms with E-state index in [4.69, 9.17) is 0 Å². The van der Waals surface area contributed by atoms with Crippen LogP contribution in [0.4, 0.5) is 0 Å². The zero-order valence-corrected chi connectivity index (χ0v) is 11.4. The largest absolute Gasteiger partial charge is 0.280 e. The van der Waals surface area contributed by atoms with Gasteiger partial charge in [0.05, 0.1) is 8.66 Å². The summed E-state index contributed by atoms with van der Waals surface area (Å²) in [5.74, 6) is -0.123. The van der Waals surface area contributed by atoms with E-state index < -0.39 is 0 Å². The van der Waals surface area contributed by atoms with Gasteiger partial charge in [0.2, 0.25) is 0 Å². The summed E-state index contributed by atoms with van der Waals surface area (Å²) in [6.45, 7) is 0. The summed E-state index contributed by atoms with van der Waals surface area (Å²) in [6.07, 6.45) is 3.55. The van der Waals surface area contributed by atoms with Crippen LogP contribution in [0.5, 0.6) is 0 Å². The van der Waals surface area contributed by atoms with Gasteiger partial charge in [0.25, 0.3) is 5.91 Å². The molecule has 0 atom stereocenters. The molecule has 3 nitrogen and oxygen atoms in total. The highest BCUT2D eigenvalue weighted by Crippen LogP contribution is 2.32. The van der Waals surface area contributed by atoms with E-state index in [-0.39, 0.29) is 5.91 Å². The second-order valence-corrected chi connectivity index (χ2v) is 5.99. The molecular weight excluding hydrogens is 344 g/mol. The van der Waals surface area contributed by atoms with Crippen molar-refractivity contribution in [2.45, 2.75) is 0 Å². The quantitative estimate of drug-likeness (QED) is 0.885. The van der Waals surface area contributed by atoms with Crippen LogP contribution in [0, 0.1) is 0 Å². The molecule has 78 valence electrons. The third-order valence-electron chi connectivity index (χ3n) is 1.70. The van der Waals surface area contributed by atoms with Crippen molar-refractivity contribution in [1.82, 2.24) is 4.68 Å². The Kier molecular flexibility index (Phi) is 3.28. The van der Waals surface area contributed by atoms with E-state index in [9.17, 15) is 4.79 Å². The predicted molar refractivity (Wildman–Crippen MR) is 67.8 cm³/mol. The van der Waals surface area contributed by atoms with Gasteiger partial charge in [-0.3, -0.25) is 14.9 Å². The molecule has 2 aromatic rings. The van der Waals surface area contributed by atoms with Gasteiger partial charge in [0, 0.05) is 16.9 Å². The van der Waals surface area contributed by atoms with E-state index in [1.807, 2.05) is 12.1 Å². The van der Waals surface area contributed by atoms with Gasteiger partial charge in [-0.25, -0.2) is 0 Å². The lowest BCUT2D eigenvalue weighted by atomic mass is 10.4. The van der Waals surface area contributed by atoms with E-state index in [0.29, 0.717) is 4.88 Å². The number of aromatic nitrogens is 1. The van der Waals surface area contributed by atoms with Crippen molar-refractivity contribution in [3.63, 3.8) is 0 Å². The average Bonchev–Trinajstić information content (AvgIpc) is 2.78. The summed E-state index contributed by atoms with van der Waals surface area (Å²) >= 11 is 8.07. The molecule has 0 aliphatic carbocycles. The van der Waals surface area contributed by atoms with Crippen LogP contribution in [-0.4, -0.2) is 10.6 Å². The van der Waals surface area contributed by atoms with Crippen molar-refractivity contribution in [3.05, 3.63) is 43.7 Å². The van der Waals surface area contributed by atoms with Crippen LogP contribution in [0.2, 0.25) is 0 Å². The van der Waals surface area contributed by atoms with Crippen molar-refractivity contribution < 1.29 is 4.79 Å². The molecule has 0 saturated carbocycles. The Balaban J connectivity index is 2.15. The van der Waals surface area contributed by atoms with Crippen molar-refractivity contribution in [2.75, 3.05) is 5.43 Å². The summed E-state index contributed by atoms with van der Waals surface area (Å²) in [4.78, 5) is 12.4. The molecule has 2 heterocycles. The molecule has 0 fully saturated rings. The van der Waals surface area contributed by atoms with Crippen LogP contribution in [0.3, 0.4) is 0 Å². The fourth-order valence-corrected chi connectivity index (χ4v) is 2.97. The first-order valence-electron chi connectivity index (χ1n) is 4.06. The van der Waals surface area contributed by atoms with Crippen LogP contribution in [0.1, 0.15) is 9.67 Å². The van der Waals surface area contributed by atoms with Gasteiger partial charge >= 0.3 is 0 Å². The zero-order chi connectivity index (χ0) is 10.8. The maximum absolute atomic E-state index is 11.7. The van der Waals surface area contributed by atoms with Gasteiger partial charge in [-0.2, -0.15) is 0 Å². The fourth-order valence-electron chi connectivity index (χ4n) is 1.04. The lowest BCUT2D eigenvalue weighted by Crippen LogP contribution is -2.20. The third kappa shape index (κ3) is 2.50. The molecule has 1 N–H and O–H groups in total. The molecule has 0 aliphatic rings. The summed E-state index contributed by atoms with van der Waals surface area (Å²) in [5.41, 5.74) is 2.73. The predicted octanol–water partition coefficient (Wildman–Crippen LogP) is 3.46. The summed E-state index contributed by atoms with van der Waals surface area (Å²) < 4.78 is 3.43. The smallest absolute Gasteiger partial charge is 0.268 e. The lowest BCUT2D eigenvalue weighted by Gasteiger charge is -2.02. The van der Waals surface area contributed by atoms with E-state index in [2.05, 4.69) is 37.3 Å². The molecule has 0 unspecified atom stereocenters. The van der Waals surface area contributed by atoms with Crippen LogP contribution in [0.15, 0.2) is 38.9 Å². The van der Waals surface area contributed by atoms with Crippen LogP contribution >= 0.6 is 43.2 Å². The number of halogens is 2. The molecule has 6 heteroatoms. The zero-order valence-electron chi connectivity index (χ0n) is 7.41. The molecule has 2 aromatic heterocycles. The number of nitrogens with one attached hydrogen (secondary N) is 1. The van der Waals surface area contributed by atoms with Gasteiger partial charge in [-0.1, -0.05) is 0 Å². The Bertz CT molecular complexity index is 459. The monoisotopic (exact) mass is 348 g/mol. The Labute approximate surface area is 107 Å². The van der Waals surface area contributed by atoms with Gasteiger partial charge in [-0.05, 0) is 50.1 Å². The lowest BCUT2D eigenvalue weighted by molar-refractivity contribution is 0.101. The number of nitrogens with zero attached hydrogens (tertiary/aromatic N) is 1. The third-order valence-corrected chi connectivity index (χ3v) is 4.96. The molecule has 0 aliphatic heterocycles. The minimum Gasteiger partial charge on any atom is -0.268 e. The Morgan fingerprint density at radius 2 is 2.00 bits per heavy atom. The van der Waals surface area contributed by atoms with Gasteiger partial charge in [-0.15, -0.1) is 11.3 Å². The van der Waals surface area contributed by atoms with Gasteiger partial charge in [0.1, 0.15) is 0 Å². The van der Waals surface area contributed by atoms with Crippen molar-refractivity contribution in [3.8, 4) is 0 Å². The first-order valence-corrected chi connectivity index (χ1v) is 6.46. The highest BCUT2D eigenvalue weighted by Gasteiger charge is 2.11. The fraction of sp³-hybridized carbons (Fsp3) is 0. The molecule has 0 spiro atoms. The first-order chi connectivity index (χ1) is 7.16. The minimum atomic E-state index is -0.123. The van der Waals surface area contributed by atoms with Crippen molar-refractivity contribution >= 4 is 49.1 Å². The Morgan fingerprint density at radius 3 is 2.53 bits per heavy atom. The number of thiophene rings is 1. The minimum absolute atomic E-state index is 0.123. The number of carbonyl (C=O) groups excluding carboxylic acids is 1. The number of amides is 1. The van der Waals surface area contributed by atoms with E-state index in [1.165, 1.54) is 11.3 Å². The molecule has 0 saturated heterocycles. The number of carbonyl (C=O) groups is 1. The van der Waals surface area contributed by atoms with E-state index in [0.717, 1.165) is 8.26 Å². The topological polar surface area (TPSA) is 34.0 Å². The second-order valence-electron chi connectivity index (χ2n) is 2.76. The molecule has 0 aromatic carbocycles. The molecule has 1 amide bonds. The summed E-state index contributed by atoms with van der Waals surface area (Å²) in [6, 6.07) is 5.48. The maximum atomic E-state index is 11.7. The van der Waals surface area contributed by atoms with Crippen molar-refractivity contribution in [1.29, 1.82) is 0 Å². The number of hydrogen-bond donors (Lipinski definition) is 1. The highest BCUT2D eigenvalue weighted by molar-refractivity contribution is 9.13. The number of hydrogen-bond acceptors (Lipinski definition) is 2. The molecular formula is C9H6Br2N2OS. The molecule has 15 heavy (non-hydrogen) atoms. The molecule has 0 bridgehead atoms. The Morgan fingerprint density at radius 1 is 1.33 bits per heavy atom. The average molecular weight is 350 g/mol. The highest BCUT2D eigenvalue weighted by atomic mass is 79.9. The summed E-state index contributed by atoms with van der Waals surface area (Å²) in [7, 11) is 0. The second kappa shape index (κ2) is 4.51. The first kappa shape index (κ1) is 10.9. The van der Waals surface area contributed by atoms with Crippen LogP contribution in [0.25, 0.3) is 0 Å². The maximum Gasteiger partial charge on any atom is 0.280 e. The molecule has 0 radical (unpaired) electrons. The molecule has 2 rings (SSSR count). The normalized spacial score (nSPS) is 10.3. The number of rotatable bonds is 2.